The van der Waals surface area contributed by atoms with Gasteiger partial charge in [0.15, 0.2) is 0 Å². The third-order valence-corrected chi connectivity index (χ3v) is 4.59. The Hall–Kier alpha value is -1.09. The standard InChI is InChI=1S/C16H24N2O/c1-17-10-9-13(11-16(17)19)12-18(15-7-8-15)14-5-3-2-4-6-14/h9-11,14-15H,2-8,12H2,1H3. The number of aryl methyl sites for hydroxylation is 1. The van der Waals surface area contributed by atoms with Gasteiger partial charge in [0, 0.05) is 37.9 Å². The Morgan fingerprint density at radius 2 is 1.84 bits per heavy atom. The van der Waals surface area contributed by atoms with Crippen molar-refractivity contribution in [2.75, 3.05) is 0 Å². The molecule has 0 aliphatic heterocycles. The molecule has 1 aromatic heterocycles. The highest BCUT2D eigenvalue weighted by Gasteiger charge is 2.34. The van der Waals surface area contributed by atoms with E-state index in [4.69, 9.17) is 0 Å². The molecule has 3 rings (SSSR count). The van der Waals surface area contributed by atoms with Gasteiger partial charge in [0.2, 0.25) is 0 Å². The molecule has 1 aromatic rings. The minimum Gasteiger partial charge on any atom is -0.319 e. The van der Waals surface area contributed by atoms with Crippen LogP contribution in [0, 0.1) is 0 Å². The van der Waals surface area contributed by atoms with Crippen molar-refractivity contribution in [1.29, 1.82) is 0 Å². The molecule has 19 heavy (non-hydrogen) atoms. The van der Waals surface area contributed by atoms with Crippen LogP contribution in [0.15, 0.2) is 23.1 Å². The van der Waals surface area contributed by atoms with Crippen LogP contribution in [0.5, 0.6) is 0 Å². The Morgan fingerprint density at radius 1 is 1.16 bits per heavy atom. The van der Waals surface area contributed by atoms with Gasteiger partial charge in [-0.15, -0.1) is 0 Å². The van der Waals surface area contributed by atoms with Gasteiger partial charge < -0.3 is 4.57 Å². The van der Waals surface area contributed by atoms with E-state index < -0.39 is 0 Å². The molecule has 1 heterocycles. The fourth-order valence-corrected chi connectivity index (χ4v) is 3.27. The zero-order valence-electron chi connectivity index (χ0n) is 11.8. The molecule has 0 N–H and O–H groups in total. The van der Waals surface area contributed by atoms with E-state index in [9.17, 15) is 4.79 Å². The van der Waals surface area contributed by atoms with Gasteiger partial charge in [-0.3, -0.25) is 9.69 Å². The molecule has 0 bridgehead atoms. The molecule has 2 aliphatic carbocycles. The molecule has 0 spiro atoms. The lowest BCUT2D eigenvalue weighted by Crippen LogP contribution is -2.38. The van der Waals surface area contributed by atoms with Gasteiger partial charge in [0.1, 0.15) is 0 Å². The molecule has 0 amide bonds. The van der Waals surface area contributed by atoms with Crippen molar-refractivity contribution in [3.63, 3.8) is 0 Å². The molecular formula is C16H24N2O. The Morgan fingerprint density at radius 3 is 2.47 bits per heavy atom. The Balaban J connectivity index is 1.73. The first-order chi connectivity index (χ1) is 9.24. The van der Waals surface area contributed by atoms with Gasteiger partial charge in [-0.1, -0.05) is 19.3 Å². The van der Waals surface area contributed by atoms with Gasteiger partial charge >= 0.3 is 0 Å². The Kier molecular flexibility index (Phi) is 3.74. The van der Waals surface area contributed by atoms with Crippen LogP contribution in [0.2, 0.25) is 0 Å². The first-order valence-corrected chi connectivity index (χ1v) is 7.65. The molecule has 2 aliphatic rings. The van der Waals surface area contributed by atoms with Crippen molar-refractivity contribution < 1.29 is 0 Å². The zero-order chi connectivity index (χ0) is 13.2. The van der Waals surface area contributed by atoms with Crippen LogP contribution in [-0.4, -0.2) is 21.6 Å². The van der Waals surface area contributed by atoms with Crippen molar-refractivity contribution >= 4 is 0 Å². The molecular weight excluding hydrogens is 236 g/mol. The van der Waals surface area contributed by atoms with Crippen LogP contribution in [0.4, 0.5) is 0 Å². The number of pyridine rings is 1. The number of aromatic nitrogens is 1. The lowest BCUT2D eigenvalue weighted by molar-refractivity contribution is 0.139. The zero-order valence-corrected chi connectivity index (χ0v) is 11.8. The molecule has 0 saturated heterocycles. The summed E-state index contributed by atoms with van der Waals surface area (Å²) in [5.74, 6) is 0. The summed E-state index contributed by atoms with van der Waals surface area (Å²) in [6.45, 7) is 0.964. The number of hydrogen-bond acceptors (Lipinski definition) is 2. The maximum atomic E-state index is 11.7. The monoisotopic (exact) mass is 260 g/mol. The quantitative estimate of drug-likeness (QED) is 0.831. The summed E-state index contributed by atoms with van der Waals surface area (Å²) >= 11 is 0. The summed E-state index contributed by atoms with van der Waals surface area (Å²) in [4.78, 5) is 14.4. The van der Waals surface area contributed by atoms with Crippen LogP contribution < -0.4 is 5.56 Å². The summed E-state index contributed by atoms with van der Waals surface area (Å²) in [6, 6.07) is 5.44. The highest BCUT2D eigenvalue weighted by Crippen LogP contribution is 2.34. The topological polar surface area (TPSA) is 25.2 Å². The summed E-state index contributed by atoms with van der Waals surface area (Å²) in [6.07, 6.45) is 11.4. The highest BCUT2D eigenvalue weighted by molar-refractivity contribution is 5.12. The Labute approximate surface area is 115 Å². The first kappa shape index (κ1) is 12.9. The molecule has 0 aromatic carbocycles. The van der Waals surface area contributed by atoms with Crippen molar-refractivity contribution in [2.24, 2.45) is 7.05 Å². The normalized spacial score (nSPS) is 20.9. The summed E-state index contributed by atoms with van der Waals surface area (Å²) in [5, 5.41) is 0. The molecule has 0 atom stereocenters. The smallest absolute Gasteiger partial charge is 0.250 e. The van der Waals surface area contributed by atoms with Gasteiger partial charge in [0.05, 0.1) is 0 Å². The number of nitrogens with zero attached hydrogens (tertiary/aromatic N) is 2. The van der Waals surface area contributed by atoms with Gasteiger partial charge in [-0.2, -0.15) is 0 Å². The summed E-state index contributed by atoms with van der Waals surface area (Å²) in [5.41, 5.74) is 1.29. The SMILES string of the molecule is Cn1ccc(CN(C2CCCCC2)C2CC2)cc1=O. The molecule has 3 nitrogen and oxygen atoms in total. The van der Waals surface area contributed by atoms with Crippen molar-refractivity contribution in [2.45, 2.75) is 63.6 Å². The fourth-order valence-electron chi connectivity index (χ4n) is 3.27. The largest absolute Gasteiger partial charge is 0.319 e. The third kappa shape index (κ3) is 3.08. The van der Waals surface area contributed by atoms with E-state index in [-0.39, 0.29) is 5.56 Å². The van der Waals surface area contributed by atoms with E-state index in [0.29, 0.717) is 0 Å². The maximum absolute atomic E-state index is 11.7. The molecule has 0 unspecified atom stereocenters. The minimum absolute atomic E-state index is 0.108. The van der Waals surface area contributed by atoms with E-state index >= 15 is 0 Å². The summed E-state index contributed by atoms with van der Waals surface area (Å²) < 4.78 is 1.64. The number of hydrogen-bond donors (Lipinski definition) is 0. The summed E-state index contributed by atoms with van der Waals surface area (Å²) in [7, 11) is 1.81. The fraction of sp³-hybridized carbons (Fsp3) is 0.688. The molecule has 0 radical (unpaired) electrons. The Bertz CT molecular complexity index is 484. The van der Waals surface area contributed by atoms with Crippen LogP contribution in [0.1, 0.15) is 50.5 Å². The van der Waals surface area contributed by atoms with Crippen molar-refractivity contribution in [3.05, 3.63) is 34.2 Å². The maximum Gasteiger partial charge on any atom is 0.250 e. The van der Waals surface area contributed by atoms with Crippen LogP contribution >= 0.6 is 0 Å². The van der Waals surface area contributed by atoms with Gasteiger partial charge in [-0.25, -0.2) is 0 Å². The first-order valence-electron chi connectivity index (χ1n) is 7.65. The highest BCUT2D eigenvalue weighted by atomic mass is 16.1. The van der Waals surface area contributed by atoms with Crippen LogP contribution in [0.25, 0.3) is 0 Å². The van der Waals surface area contributed by atoms with E-state index in [1.165, 1.54) is 50.5 Å². The lowest BCUT2D eigenvalue weighted by Gasteiger charge is -2.34. The second-order valence-electron chi connectivity index (χ2n) is 6.18. The molecule has 3 heteroatoms. The third-order valence-electron chi connectivity index (χ3n) is 4.59. The predicted molar refractivity (Wildman–Crippen MR) is 77.1 cm³/mol. The number of rotatable bonds is 4. The van der Waals surface area contributed by atoms with E-state index in [0.717, 1.165) is 18.6 Å². The molecule has 2 saturated carbocycles. The molecule has 104 valence electrons. The van der Waals surface area contributed by atoms with Crippen molar-refractivity contribution in [1.82, 2.24) is 9.47 Å². The van der Waals surface area contributed by atoms with Crippen LogP contribution in [0.3, 0.4) is 0 Å². The van der Waals surface area contributed by atoms with Crippen LogP contribution in [-0.2, 0) is 13.6 Å². The average molecular weight is 260 g/mol. The van der Waals surface area contributed by atoms with E-state index in [2.05, 4.69) is 11.0 Å². The minimum atomic E-state index is 0.108. The van der Waals surface area contributed by atoms with Crippen molar-refractivity contribution in [3.8, 4) is 0 Å². The second kappa shape index (κ2) is 5.49. The van der Waals surface area contributed by atoms with Gasteiger partial charge in [-0.05, 0) is 37.3 Å². The van der Waals surface area contributed by atoms with Gasteiger partial charge in [0.25, 0.3) is 5.56 Å². The second-order valence-corrected chi connectivity index (χ2v) is 6.18. The lowest BCUT2D eigenvalue weighted by atomic mass is 9.93. The molecule has 2 fully saturated rings. The predicted octanol–water partition coefficient (Wildman–Crippen LogP) is 2.68. The van der Waals surface area contributed by atoms with E-state index in [1.807, 2.05) is 13.2 Å². The van der Waals surface area contributed by atoms with E-state index in [1.54, 1.807) is 10.6 Å². The average Bonchev–Trinajstić information content (AvgIpc) is 3.25.